The molecule has 136 valence electrons. The smallest absolute Gasteiger partial charge is 0.325 e. The van der Waals surface area contributed by atoms with Crippen LogP contribution in [0.1, 0.15) is 24.0 Å². The van der Waals surface area contributed by atoms with Crippen molar-refractivity contribution in [1.29, 1.82) is 0 Å². The molecule has 0 aliphatic carbocycles. The average molecular weight is 360 g/mol. The SMILES string of the molecule is C#CCC(CC#C)(C(=O)OCc1ccccc1)C(=O)OCc1ccccc1. The first-order valence-corrected chi connectivity index (χ1v) is 8.41. The lowest BCUT2D eigenvalue weighted by molar-refractivity contribution is -0.173. The molecule has 0 N–H and O–H groups in total. The molecule has 0 saturated carbocycles. The zero-order chi connectivity index (χ0) is 19.5. The van der Waals surface area contributed by atoms with E-state index >= 15 is 0 Å². The number of rotatable bonds is 8. The number of hydrogen-bond donors (Lipinski definition) is 0. The second-order valence-corrected chi connectivity index (χ2v) is 5.97. The van der Waals surface area contributed by atoms with Crippen LogP contribution in [0, 0.1) is 30.1 Å². The second-order valence-electron chi connectivity index (χ2n) is 5.97. The van der Waals surface area contributed by atoms with Crippen LogP contribution < -0.4 is 0 Å². The normalized spacial score (nSPS) is 10.3. The fourth-order valence-corrected chi connectivity index (χ4v) is 2.51. The average Bonchev–Trinajstić information content (AvgIpc) is 2.71. The van der Waals surface area contributed by atoms with E-state index in [1.165, 1.54) is 0 Å². The van der Waals surface area contributed by atoms with Crippen LogP contribution in [0.15, 0.2) is 60.7 Å². The lowest BCUT2D eigenvalue weighted by atomic mass is 9.81. The van der Waals surface area contributed by atoms with Gasteiger partial charge in [-0.3, -0.25) is 9.59 Å². The molecular formula is C23H20O4. The van der Waals surface area contributed by atoms with Crippen LogP contribution in [0.2, 0.25) is 0 Å². The molecule has 0 radical (unpaired) electrons. The molecule has 0 atom stereocenters. The second kappa shape index (κ2) is 9.85. The van der Waals surface area contributed by atoms with Crippen molar-refractivity contribution >= 4 is 11.9 Å². The van der Waals surface area contributed by atoms with Crippen LogP contribution in [-0.2, 0) is 32.3 Å². The third-order valence-electron chi connectivity index (χ3n) is 4.01. The van der Waals surface area contributed by atoms with E-state index < -0.39 is 17.4 Å². The number of esters is 2. The highest BCUT2D eigenvalue weighted by molar-refractivity contribution is 6.00. The molecule has 0 amide bonds. The predicted molar refractivity (Wildman–Crippen MR) is 102 cm³/mol. The molecule has 4 heteroatoms. The molecule has 27 heavy (non-hydrogen) atoms. The van der Waals surface area contributed by atoms with E-state index in [0.717, 1.165) is 11.1 Å². The van der Waals surface area contributed by atoms with Crippen LogP contribution in [0.4, 0.5) is 0 Å². The van der Waals surface area contributed by atoms with Crippen LogP contribution in [0.3, 0.4) is 0 Å². The lowest BCUT2D eigenvalue weighted by Gasteiger charge is -2.26. The molecule has 2 aromatic carbocycles. The maximum absolute atomic E-state index is 12.8. The maximum atomic E-state index is 12.8. The molecular weight excluding hydrogens is 340 g/mol. The van der Waals surface area contributed by atoms with Crippen molar-refractivity contribution in [1.82, 2.24) is 0 Å². The predicted octanol–water partition coefficient (Wildman–Crippen LogP) is 3.51. The Bertz CT molecular complexity index is 768. The number of carbonyl (C=O) groups excluding carboxylic acids is 2. The molecule has 0 fully saturated rings. The summed E-state index contributed by atoms with van der Waals surface area (Å²) in [4.78, 5) is 25.5. The van der Waals surface area contributed by atoms with Gasteiger partial charge in [-0.05, 0) is 11.1 Å². The summed E-state index contributed by atoms with van der Waals surface area (Å²) < 4.78 is 10.7. The van der Waals surface area contributed by atoms with E-state index in [-0.39, 0.29) is 26.1 Å². The minimum atomic E-state index is -1.72. The number of hydrogen-bond acceptors (Lipinski definition) is 4. The summed E-state index contributed by atoms with van der Waals surface area (Å²) >= 11 is 0. The van der Waals surface area contributed by atoms with E-state index in [2.05, 4.69) is 11.8 Å². The van der Waals surface area contributed by atoms with Crippen molar-refractivity contribution in [3.8, 4) is 24.7 Å². The van der Waals surface area contributed by atoms with Gasteiger partial charge >= 0.3 is 11.9 Å². The Morgan fingerprint density at radius 2 is 1.11 bits per heavy atom. The molecule has 0 saturated heterocycles. The summed E-state index contributed by atoms with van der Waals surface area (Å²) in [6.07, 6.45) is 10.4. The number of terminal acetylenes is 2. The largest absolute Gasteiger partial charge is 0.460 e. The van der Waals surface area contributed by atoms with Crippen molar-refractivity contribution in [2.75, 3.05) is 0 Å². The molecule has 0 aromatic heterocycles. The van der Waals surface area contributed by atoms with Gasteiger partial charge in [0.2, 0.25) is 0 Å². The number of carbonyl (C=O) groups is 2. The van der Waals surface area contributed by atoms with Gasteiger partial charge in [-0.15, -0.1) is 24.7 Å². The highest BCUT2D eigenvalue weighted by Crippen LogP contribution is 2.31. The highest BCUT2D eigenvalue weighted by Gasteiger charge is 2.48. The van der Waals surface area contributed by atoms with Gasteiger partial charge in [0.05, 0.1) is 0 Å². The molecule has 2 aromatic rings. The summed E-state index contributed by atoms with van der Waals surface area (Å²) in [5, 5.41) is 0. The van der Waals surface area contributed by atoms with Crippen molar-refractivity contribution in [3.63, 3.8) is 0 Å². The van der Waals surface area contributed by atoms with Crippen LogP contribution in [0.25, 0.3) is 0 Å². The van der Waals surface area contributed by atoms with Gasteiger partial charge in [-0.2, -0.15) is 0 Å². The minimum absolute atomic E-state index is 0.0164. The van der Waals surface area contributed by atoms with Crippen LogP contribution >= 0.6 is 0 Å². The first-order valence-electron chi connectivity index (χ1n) is 8.41. The molecule has 0 spiro atoms. The third kappa shape index (κ3) is 5.23. The first-order chi connectivity index (χ1) is 13.1. The summed E-state index contributed by atoms with van der Waals surface area (Å²) in [6.45, 7) is 0.0328. The molecule has 0 aliphatic rings. The molecule has 0 heterocycles. The Balaban J connectivity index is 2.14. The van der Waals surface area contributed by atoms with Gasteiger partial charge in [0, 0.05) is 12.8 Å². The lowest BCUT2D eigenvalue weighted by Crippen LogP contribution is -2.41. The standard InChI is InChI=1S/C23H20O4/c1-3-15-23(16-4-2,21(24)26-17-19-11-7-5-8-12-19)22(25)27-18-20-13-9-6-10-14-20/h1-2,5-14H,15-18H2. The highest BCUT2D eigenvalue weighted by atomic mass is 16.6. The zero-order valence-electron chi connectivity index (χ0n) is 14.9. The van der Waals surface area contributed by atoms with Gasteiger partial charge in [-0.25, -0.2) is 0 Å². The van der Waals surface area contributed by atoms with E-state index in [4.69, 9.17) is 22.3 Å². The van der Waals surface area contributed by atoms with E-state index in [0.29, 0.717) is 0 Å². The molecule has 4 nitrogen and oxygen atoms in total. The fraction of sp³-hybridized carbons (Fsp3) is 0.217. The number of ether oxygens (including phenoxy) is 2. The summed E-state index contributed by atoms with van der Waals surface area (Å²) in [5.74, 6) is 3.15. The summed E-state index contributed by atoms with van der Waals surface area (Å²) in [5.41, 5.74) is -0.134. The molecule has 0 unspecified atom stereocenters. The Labute approximate surface area is 159 Å². The van der Waals surface area contributed by atoms with Gasteiger partial charge < -0.3 is 9.47 Å². The quantitative estimate of drug-likeness (QED) is 0.411. The Morgan fingerprint density at radius 3 is 1.44 bits per heavy atom. The van der Waals surface area contributed by atoms with Crippen LogP contribution in [-0.4, -0.2) is 11.9 Å². The monoisotopic (exact) mass is 360 g/mol. The zero-order valence-corrected chi connectivity index (χ0v) is 14.9. The summed E-state index contributed by atoms with van der Waals surface area (Å²) in [6, 6.07) is 18.3. The van der Waals surface area contributed by atoms with E-state index in [9.17, 15) is 9.59 Å². The van der Waals surface area contributed by atoms with Crippen molar-refractivity contribution in [2.24, 2.45) is 5.41 Å². The van der Waals surface area contributed by atoms with Gasteiger partial charge in [-0.1, -0.05) is 60.7 Å². The van der Waals surface area contributed by atoms with E-state index in [1.54, 1.807) is 0 Å². The van der Waals surface area contributed by atoms with Gasteiger partial charge in [0.15, 0.2) is 5.41 Å². The molecule has 0 aliphatic heterocycles. The van der Waals surface area contributed by atoms with Crippen molar-refractivity contribution in [3.05, 3.63) is 71.8 Å². The molecule has 2 rings (SSSR count). The third-order valence-corrected chi connectivity index (χ3v) is 4.01. The Hall–Kier alpha value is -3.50. The minimum Gasteiger partial charge on any atom is -0.460 e. The maximum Gasteiger partial charge on any atom is 0.325 e. The van der Waals surface area contributed by atoms with Crippen molar-refractivity contribution in [2.45, 2.75) is 26.1 Å². The van der Waals surface area contributed by atoms with E-state index in [1.807, 2.05) is 60.7 Å². The summed E-state index contributed by atoms with van der Waals surface area (Å²) in [7, 11) is 0. The van der Waals surface area contributed by atoms with Crippen LogP contribution in [0.5, 0.6) is 0 Å². The van der Waals surface area contributed by atoms with Crippen molar-refractivity contribution < 1.29 is 19.1 Å². The topological polar surface area (TPSA) is 52.6 Å². The number of benzene rings is 2. The Morgan fingerprint density at radius 1 is 0.741 bits per heavy atom. The van der Waals surface area contributed by atoms with Gasteiger partial charge in [0.25, 0.3) is 0 Å². The molecule has 0 bridgehead atoms. The fourth-order valence-electron chi connectivity index (χ4n) is 2.51. The Kier molecular flexibility index (Phi) is 7.23. The first kappa shape index (κ1) is 19.8. The van der Waals surface area contributed by atoms with Gasteiger partial charge in [0.1, 0.15) is 13.2 Å².